The van der Waals surface area contributed by atoms with Gasteiger partial charge in [-0.15, -0.1) is 0 Å². The Hall–Kier alpha value is -7.18. The van der Waals surface area contributed by atoms with Crippen LogP contribution in [0.1, 0.15) is 0 Å². The van der Waals surface area contributed by atoms with Crippen LogP contribution in [0.15, 0.2) is 178 Å². The van der Waals surface area contributed by atoms with Crippen molar-refractivity contribution in [2.75, 3.05) is 4.90 Å². The first-order valence-electron chi connectivity index (χ1n) is 17.2. The minimum absolute atomic E-state index is 0.784. The number of rotatable bonds is 5. The molecule has 0 unspecified atom stereocenters. The lowest BCUT2D eigenvalue weighted by Crippen LogP contribution is -2.09. The summed E-state index contributed by atoms with van der Waals surface area (Å²) in [6, 6.07) is 48.5. The molecule has 0 radical (unpaired) electrons. The highest BCUT2D eigenvalue weighted by Crippen LogP contribution is 2.42. The Morgan fingerprint density at radius 1 is 0.365 bits per heavy atom. The van der Waals surface area contributed by atoms with Gasteiger partial charge in [-0.3, -0.25) is 9.97 Å². The monoisotopic (exact) mass is 669 g/mol. The van der Waals surface area contributed by atoms with Crippen molar-refractivity contribution in [1.82, 2.24) is 9.97 Å². The molecule has 0 bridgehead atoms. The molecule has 11 aromatic rings. The molecule has 52 heavy (non-hydrogen) atoms. The van der Waals surface area contributed by atoms with Gasteiger partial charge in [-0.25, -0.2) is 0 Å². The number of aromatic nitrogens is 2. The normalized spacial score (nSPS) is 11.8. The second-order valence-corrected chi connectivity index (χ2v) is 13.0. The summed E-state index contributed by atoms with van der Waals surface area (Å²) in [5, 5.41) is 6.38. The van der Waals surface area contributed by atoms with E-state index in [0.717, 1.165) is 105 Å². The van der Waals surface area contributed by atoms with Crippen molar-refractivity contribution in [3.05, 3.63) is 164 Å². The van der Waals surface area contributed by atoms with Gasteiger partial charge in [0.1, 0.15) is 27.9 Å². The molecule has 0 amide bonds. The molecule has 6 nitrogen and oxygen atoms in total. The van der Waals surface area contributed by atoms with Crippen LogP contribution in [0.5, 0.6) is 0 Å². The topological polar surface area (TPSA) is 68.4 Å². The van der Waals surface area contributed by atoms with Gasteiger partial charge < -0.3 is 18.2 Å². The van der Waals surface area contributed by atoms with E-state index in [9.17, 15) is 0 Å². The third kappa shape index (κ3) is 4.38. The maximum Gasteiger partial charge on any atom is 0.153 e. The molecule has 5 heterocycles. The standard InChI is InChI=1S/C46H27N3O3/c1-2-10-41-35(5-1)39-25-32(19-20-42(39)50-41)49(30-15-11-28(12-16-30)33-6-3-8-37-36-21-23-48-27-44(36)52-45(33)37)31-17-13-29(14-18-31)34-7-4-9-38-40-26-47-24-22-43(40)51-46(34)38/h1-27H. The van der Waals surface area contributed by atoms with Crippen LogP contribution in [0.3, 0.4) is 0 Å². The van der Waals surface area contributed by atoms with Crippen LogP contribution >= 0.6 is 0 Å². The van der Waals surface area contributed by atoms with Crippen molar-refractivity contribution in [1.29, 1.82) is 0 Å². The molecule has 0 atom stereocenters. The van der Waals surface area contributed by atoms with Gasteiger partial charge in [0.05, 0.1) is 6.20 Å². The highest BCUT2D eigenvalue weighted by Gasteiger charge is 2.18. The average Bonchev–Trinajstić information content (AvgIpc) is 3.90. The largest absolute Gasteiger partial charge is 0.456 e. The Kier molecular flexibility index (Phi) is 6.15. The third-order valence-corrected chi connectivity index (χ3v) is 10.1. The number of fused-ring (bicyclic) bond motifs is 9. The van der Waals surface area contributed by atoms with Crippen LogP contribution in [-0.2, 0) is 0 Å². The fourth-order valence-electron chi connectivity index (χ4n) is 7.63. The fraction of sp³-hybridized carbons (Fsp3) is 0. The molecule has 244 valence electrons. The molecule has 0 fully saturated rings. The van der Waals surface area contributed by atoms with Gasteiger partial charge in [0.25, 0.3) is 0 Å². The van der Waals surface area contributed by atoms with Crippen molar-refractivity contribution in [2.24, 2.45) is 0 Å². The highest BCUT2D eigenvalue weighted by molar-refractivity contribution is 6.11. The first kappa shape index (κ1) is 28.6. The van der Waals surface area contributed by atoms with E-state index in [0.29, 0.717) is 0 Å². The van der Waals surface area contributed by atoms with E-state index in [4.69, 9.17) is 13.3 Å². The number of para-hydroxylation sites is 3. The first-order valence-corrected chi connectivity index (χ1v) is 17.2. The molecule has 0 saturated carbocycles. The van der Waals surface area contributed by atoms with Crippen molar-refractivity contribution in [2.45, 2.75) is 0 Å². The van der Waals surface area contributed by atoms with Crippen LogP contribution < -0.4 is 4.90 Å². The predicted molar refractivity (Wildman–Crippen MR) is 209 cm³/mol. The zero-order valence-electron chi connectivity index (χ0n) is 27.7. The fourth-order valence-corrected chi connectivity index (χ4v) is 7.63. The number of furan rings is 3. The van der Waals surface area contributed by atoms with E-state index in [2.05, 4.69) is 130 Å². The SMILES string of the molecule is c1ccc2c(c1)oc1ccc(N(c3ccc(-c4cccc5c4oc4cnccc45)cc3)c3ccc(-c4cccc5c4oc4ccncc45)cc3)cc12. The molecule has 6 aromatic carbocycles. The molecule has 0 aliphatic carbocycles. The Morgan fingerprint density at radius 3 is 1.67 bits per heavy atom. The zero-order chi connectivity index (χ0) is 34.2. The molecule has 11 rings (SSSR count). The van der Waals surface area contributed by atoms with Gasteiger partial charge in [0.15, 0.2) is 5.58 Å². The summed E-state index contributed by atoms with van der Waals surface area (Å²) in [5.74, 6) is 0. The highest BCUT2D eigenvalue weighted by atomic mass is 16.3. The number of hydrogen-bond donors (Lipinski definition) is 0. The van der Waals surface area contributed by atoms with Crippen LogP contribution in [-0.4, -0.2) is 9.97 Å². The van der Waals surface area contributed by atoms with E-state index in [1.165, 1.54) is 0 Å². The van der Waals surface area contributed by atoms with Crippen LogP contribution in [0.25, 0.3) is 88.1 Å². The number of pyridine rings is 2. The molecule has 0 N–H and O–H groups in total. The minimum Gasteiger partial charge on any atom is -0.456 e. The van der Waals surface area contributed by atoms with Crippen molar-refractivity contribution in [3.8, 4) is 22.3 Å². The molecule has 0 spiro atoms. The minimum atomic E-state index is 0.784. The molecular weight excluding hydrogens is 643 g/mol. The van der Waals surface area contributed by atoms with Crippen molar-refractivity contribution in [3.63, 3.8) is 0 Å². The smallest absolute Gasteiger partial charge is 0.153 e. The molecule has 0 saturated heterocycles. The van der Waals surface area contributed by atoms with Crippen molar-refractivity contribution < 1.29 is 13.3 Å². The van der Waals surface area contributed by atoms with Gasteiger partial charge in [-0.1, -0.05) is 78.9 Å². The summed E-state index contributed by atoms with van der Waals surface area (Å²) < 4.78 is 18.9. The summed E-state index contributed by atoms with van der Waals surface area (Å²) >= 11 is 0. The Balaban J connectivity index is 1.04. The molecule has 0 aliphatic rings. The lowest BCUT2D eigenvalue weighted by atomic mass is 10.0. The van der Waals surface area contributed by atoms with Gasteiger partial charge in [-0.05, 0) is 71.8 Å². The number of nitrogens with zero attached hydrogens (tertiary/aromatic N) is 3. The van der Waals surface area contributed by atoms with Crippen molar-refractivity contribution >= 4 is 82.9 Å². The maximum absolute atomic E-state index is 6.35. The summed E-state index contributed by atoms with van der Waals surface area (Å²) in [5.41, 5.74) is 12.4. The van der Waals surface area contributed by atoms with Gasteiger partial charge in [0, 0.05) is 79.1 Å². The summed E-state index contributed by atoms with van der Waals surface area (Å²) in [7, 11) is 0. The second kappa shape index (κ2) is 11.2. The predicted octanol–water partition coefficient (Wildman–Crippen LogP) is 13.0. The van der Waals surface area contributed by atoms with Gasteiger partial charge in [0.2, 0.25) is 0 Å². The molecule has 0 aliphatic heterocycles. The molecular formula is C46H27N3O3. The van der Waals surface area contributed by atoms with E-state index in [1.807, 2.05) is 30.5 Å². The lowest BCUT2D eigenvalue weighted by Gasteiger charge is -2.26. The van der Waals surface area contributed by atoms with Crippen LogP contribution in [0.2, 0.25) is 0 Å². The maximum atomic E-state index is 6.35. The van der Waals surface area contributed by atoms with Crippen LogP contribution in [0, 0.1) is 0 Å². The number of hydrogen-bond acceptors (Lipinski definition) is 6. The van der Waals surface area contributed by atoms with Crippen LogP contribution in [0.4, 0.5) is 17.1 Å². The third-order valence-electron chi connectivity index (χ3n) is 10.1. The summed E-state index contributed by atoms with van der Waals surface area (Å²) in [4.78, 5) is 10.9. The Labute approximate surface area is 296 Å². The number of benzene rings is 6. The van der Waals surface area contributed by atoms with E-state index in [1.54, 1.807) is 18.6 Å². The quantitative estimate of drug-likeness (QED) is 0.182. The number of anilines is 3. The van der Waals surface area contributed by atoms with E-state index < -0.39 is 0 Å². The first-order chi connectivity index (χ1) is 25.8. The molecule has 6 heteroatoms. The Morgan fingerprint density at radius 2 is 0.923 bits per heavy atom. The van der Waals surface area contributed by atoms with Gasteiger partial charge >= 0.3 is 0 Å². The molecule has 5 aromatic heterocycles. The van der Waals surface area contributed by atoms with E-state index in [-0.39, 0.29) is 0 Å². The zero-order valence-corrected chi connectivity index (χ0v) is 27.7. The Bertz CT molecular complexity index is 2980. The lowest BCUT2D eigenvalue weighted by molar-refractivity contribution is 0.668. The summed E-state index contributed by atoms with van der Waals surface area (Å²) in [6.45, 7) is 0. The average molecular weight is 670 g/mol. The van der Waals surface area contributed by atoms with E-state index >= 15 is 0 Å². The summed E-state index contributed by atoms with van der Waals surface area (Å²) in [6.07, 6.45) is 7.22. The second-order valence-electron chi connectivity index (χ2n) is 13.0. The van der Waals surface area contributed by atoms with Gasteiger partial charge in [-0.2, -0.15) is 0 Å².